The van der Waals surface area contributed by atoms with Crippen LogP contribution in [0.5, 0.6) is 0 Å². The fourth-order valence-corrected chi connectivity index (χ4v) is 6.35. The molecule has 0 heterocycles. The van der Waals surface area contributed by atoms with E-state index in [1.54, 1.807) is 0 Å². The minimum atomic E-state index is -3.84. The van der Waals surface area contributed by atoms with Gasteiger partial charge in [0.05, 0.1) is 10.9 Å². The van der Waals surface area contributed by atoms with Gasteiger partial charge in [-0.25, -0.2) is 8.42 Å². The number of sulfonamides is 1. The first-order chi connectivity index (χ1) is 16.8. The maximum absolute atomic E-state index is 13.9. The molecule has 4 aromatic rings. The van der Waals surface area contributed by atoms with Gasteiger partial charge in [0, 0.05) is 0 Å². The van der Waals surface area contributed by atoms with Gasteiger partial charge in [-0.2, -0.15) is 4.72 Å². The van der Waals surface area contributed by atoms with Crippen LogP contribution in [0.2, 0.25) is 0 Å². The van der Waals surface area contributed by atoms with Crippen LogP contribution in [0.3, 0.4) is 0 Å². The molecule has 0 bridgehead atoms. The molecule has 3 nitrogen and oxygen atoms in total. The highest BCUT2D eigenvalue weighted by molar-refractivity contribution is 7.89. The van der Waals surface area contributed by atoms with Gasteiger partial charge in [-0.15, -0.1) is 0 Å². The molecule has 1 N–H and O–H groups in total. The number of hydrogen-bond acceptors (Lipinski definition) is 2. The lowest BCUT2D eigenvalue weighted by molar-refractivity contribution is 0.574. The zero-order chi connectivity index (χ0) is 25.0. The third-order valence-electron chi connectivity index (χ3n) is 6.19. The number of benzene rings is 4. The van der Waals surface area contributed by atoms with Crippen molar-refractivity contribution in [2.24, 2.45) is 0 Å². The summed E-state index contributed by atoms with van der Waals surface area (Å²) in [4.78, 5) is 0.341. The van der Waals surface area contributed by atoms with E-state index in [1.165, 1.54) is 0 Å². The molecule has 0 radical (unpaired) electrons. The first-order valence-corrected chi connectivity index (χ1v) is 13.2. The normalized spacial score (nSPS) is 13.0. The lowest BCUT2D eigenvalue weighted by Crippen LogP contribution is -2.31. The highest BCUT2D eigenvalue weighted by Gasteiger charge is 2.28. The molecule has 0 saturated heterocycles. The maximum Gasteiger partial charge on any atom is 0.241 e. The van der Waals surface area contributed by atoms with E-state index < -0.39 is 16.1 Å². The molecular formula is C31H31NO2S. The molecule has 35 heavy (non-hydrogen) atoms. The average Bonchev–Trinajstić information content (AvgIpc) is 2.82. The Balaban J connectivity index is 1.93. The Labute approximate surface area is 209 Å². The summed E-state index contributed by atoms with van der Waals surface area (Å²) >= 11 is 0. The third kappa shape index (κ3) is 5.61. The summed E-state index contributed by atoms with van der Waals surface area (Å²) in [6.07, 6.45) is 2.07. The summed E-state index contributed by atoms with van der Waals surface area (Å²) in [5, 5.41) is 0. The van der Waals surface area contributed by atoms with Crippen LogP contribution >= 0.6 is 0 Å². The third-order valence-corrected chi connectivity index (χ3v) is 7.91. The van der Waals surface area contributed by atoms with E-state index in [0.717, 1.165) is 44.5 Å². The predicted octanol–water partition coefficient (Wildman–Crippen LogP) is 7.18. The van der Waals surface area contributed by atoms with Crippen LogP contribution in [0, 0.1) is 27.7 Å². The van der Waals surface area contributed by atoms with Crippen molar-refractivity contribution in [3.63, 3.8) is 0 Å². The van der Waals surface area contributed by atoms with E-state index >= 15 is 0 Å². The predicted molar refractivity (Wildman–Crippen MR) is 146 cm³/mol. The Hall–Kier alpha value is -3.47. The molecule has 0 aromatic heterocycles. The smallest absolute Gasteiger partial charge is 0.207 e. The van der Waals surface area contributed by atoms with Crippen LogP contribution in [-0.2, 0) is 10.0 Å². The lowest BCUT2D eigenvalue weighted by Gasteiger charge is -2.26. The molecule has 4 heteroatoms. The Bertz CT molecular complexity index is 1430. The fourth-order valence-electron chi connectivity index (χ4n) is 4.70. The molecule has 0 saturated carbocycles. The number of nitrogens with one attached hydrogen (secondary N) is 1. The first kappa shape index (κ1) is 24.6. The molecule has 0 amide bonds. The molecular weight excluding hydrogens is 450 g/mol. The SMILES string of the molecule is Cc1cc(C)c(S(=O)(=O)NC(/C(=C/c2ccccc2)c2ccccc2)c2ccccc2C)c(C)c1. The van der Waals surface area contributed by atoms with Gasteiger partial charge in [-0.1, -0.05) is 103 Å². The zero-order valence-electron chi connectivity index (χ0n) is 20.6. The minimum Gasteiger partial charge on any atom is -0.207 e. The second-order valence-corrected chi connectivity index (χ2v) is 10.7. The highest BCUT2D eigenvalue weighted by atomic mass is 32.2. The highest BCUT2D eigenvalue weighted by Crippen LogP contribution is 2.35. The van der Waals surface area contributed by atoms with E-state index in [2.05, 4.69) is 10.8 Å². The molecule has 4 aromatic carbocycles. The second kappa shape index (κ2) is 10.4. The van der Waals surface area contributed by atoms with E-state index in [4.69, 9.17) is 0 Å². The van der Waals surface area contributed by atoms with Gasteiger partial charge in [-0.3, -0.25) is 0 Å². The topological polar surface area (TPSA) is 46.2 Å². The van der Waals surface area contributed by atoms with Crippen molar-refractivity contribution in [3.8, 4) is 0 Å². The van der Waals surface area contributed by atoms with Gasteiger partial charge >= 0.3 is 0 Å². The second-order valence-electron chi connectivity index (χ2n) is 9.02. The van der Waals surface area contributed by atoms with Crippen LogP contribution in [0.1, 0.15) is 45.0 Å². The van der Waals surface area contributed by atoms with Gasteiger partial charge in [0.15, 0.2) is 0 Å². The number of aryl methyl sites for hydroxylation is 4. The molecule has 0 aliphatic carbocycles. The van der Waals surface area contributed by atoms with Gasteiger partial charge in [0.2, 0.25) is 10.0 Å². The summed E-state index contributed by atoms with van der Waals surface area (Å²) < 4.78 is 31.0. The van der Waals surface area contributed by atoms with Crippen molar-refractivity contribution >= 4 is 21.7 Å². The number of rotatable bonds is 7. The summed E-state index contributed by atoms with van der Waals surface area (Å²) in [6, 6.07) is 31.2. The summed E-state index contributed by atoms with van der Waals surface area (Å²) in [6.45, 7) is 7.71. The monoisotopic (exact) mass is 481 g/mol. The molecule has 4 rings (SSSR count). The molecule has 1 atom stereocenters. The van der Waals surface area contributed by atoms with Crippen LogP contribution in [0.4, 0.5) is 0 Å². The van der Waals surface area contributed by atoms with Crippen molar-refractivity contribution < 1.29 is 8.42 Å². The maximum atomic E-state index is 13.9. The molecule has 0 aliphatic rings. The first-order valence-electron chi connectivity index (χ1n) is 11.7. The molecule has 0 aliphatic heterocycles. The summed E-state index contributed by atoms with van der Waals surface area (Å²) in [5.74, 6) is 0. The van der Waals surface area contributed by atoms with Gasteiger partial charge in [0.25, 0.3) is 0 Å². The van der Waals surface area contributed by atoms with Crippen molar-refractivity contribution in [2.45, 2.75) is 38.6 Å². The molecule has 0 spiro atoms. The van der Waals surface area contributed by atoms with Crippen molar-refractivity contribution in [1.29, 1.82) is 0 Å². The van der Waals surface area contributed by atoms with Crippen LogP contribution in [0.15, 0.2) is 102 Å². The Morgan fingerprint density at radius 3 is 1.86 bits per heavy atom. The standard InChI is InChI=1S/C31H31NO2S/c1-22-19-24(3)31(25(4)20-22)35(33,34)32-30(28-18-12-11-13-23(28)2)29(27-16-9-6-10-17-27)21-26-14-7-5-8-15-26/h5-21,30,32H,1-4H3/b29-21+. The molecule has 0 fully saturated rings. The fraction of sp³-hybridized carbons (Fsp3) is 0.161. The van der Waals surface area contributed by atoms with Crippen LogP contribution in [0.25, 0.3) is 11.6 Å². The van der Waals surface area contributed by atoms with E-state index in [1.807, 2.05) is 125 Å². The van der Waals surface area contributed by atoms with E-state index in [0.29, 0.717) is 4.90 Å². The summed E-state index contributed by atoms with van der Waals surface area (Å²) in [5.41, 5.74) is 7.33. The molecule has 178 valence electrons. The Morgan fingerprint density at radius 1 is 0.714 bits per heavy atom. The van der Waals surface area contributed by atoms with E-state index in [9.17, 15) is 8.42 Å². The Morgan fingerprint density at radius 2 is 1.26 bits per heavy atom. The zero-order valence-corrected chi connectivity index (χ0v) is 21.4. The van der Waals surface area contributed by atoms with Crippen LogP contribution < -0.4 is 4.72 Å². The van der Waals surface area contributed by atoms with Crippen molar-refractivity contribution in [3.05, 3.63) is 136 Å². The van der Waals surface area contributed by atoms with Crippen LogP contribution in [-0.4, -0.2) is 8.42 Å². The quantitative estimate of drug-likeness (QED) is 0.284. The summed E-state index contributed by atoms with van der Waals surface area (Å²) in [7, 11) is -3.84. The van der Waals surface area contributed by atoms with Crippen molar-refractivity contribution in [2.75, 3.05) is 0 Å². The molecule has 1 unspecified atom stereocenters. The number of hydrogen-bond donors (Lipinski definition) is 1. The lowest BCUT2D eigenvalue weighted by atomic mass is 9.90. The minimum absolute atomic E-state index is 0.341. The van der Waals surface area contributed by atoms with Gasteiger partial charge < -0.3 is 0 Å². The van der Waals surface area contributed by atoms with Gasteiger partial charge in [-0.05, 0) is 72.7 Å². The van der Waals surface area contributed by atoms with Gasteiger partial charge in [0.1, 0.15) is 0 Å². The Kier molecular flexibility index (Phi) is 7.34. The average molecular weight is 482 g/mol. The van der Waals surface area contributed by atoms with Crippen molar-refractivity contribution in [1.82, 2.24) is 4.72 Å². The van der Waals surface area contributed by atoms with E-state index in [-0.39, 0.29) is 0 Å². The largest absolute Gasteiger partial charge is 0.241 e.